The molecule has 0 radical (unpaired) electrons. The van der Waals surface area contributed by atoms with Gasteiger partial charge in [0.05, 0.1) is 12.6 Å². The highest BCUT2D eigenvalue weighted by atomic mass is 16.3. The van der Waals surface area contributed by atoms with Crippen LogP contribution in [-0.4, -0.2) is 55.3 Å². The van der Waals surface area contributed by atoms with Crippen molar-refractivity contribution in [1.82, 2.24) is 24.4 Å². The molecule has 2 aromatic heterocycles. The maximum atomic E-state index is 12.2. The number of aliphatic hydroxyl groups excluding tert-OH is 1. The fourth-order valence-electron chi connectivity index (χ4n) is 2.57. The minimum atomic E-state index is -0.582. The predicted octanol–water partition coefficient (Wildman–Crippen LogP) is -0.357. The molecule has 20 heavy (non-hydrogen) atoms. The number of nitrogens with zero attached hydrogens (tertiary/aromatic N) is 5. The molecule has 0 spiro atoms. The first-order valence-corrected chi connectivity index (χ1v) is 6.80. The van der Waals surface area contributed by atoms with Gasteiger partial charge in [-0.3, -0.25) is 9.36 Å². The van der Waals surface area contributed by atoms with E-state index < -0.39 is 6.10 Å². The molecule has 0 bridgehead atoms. The monoisotopic (exact) mass is 275 g/mol. The quantitative estimate of drug-likeness (QED) is 0.820. The van der Waals surface area contributed by atoms with Gasteiger partial charge in [0.2, 0.25) is 0 Å². The van der Waals surface area contributed by atoms with E-state index in [0.29, 0.717) is 12.2 Å². The summed E-state index contributed by atoms with van der Waals surface area (Å²) < 4.78 is 1.40. The largest absolute Gasteiger partial charge is 0.390 e. The molecule has 0 amide bonds. The molecule has 1 N–H and O–H groups in total. The van der Waals surface area contributed by atoms with Crippen molar-refractivity contribution in [2.24, 2.45) is 0 Å². The molecule has 0 aromatic carbocycles. The van der Waals surface area contributed by atoms with Gasteiger partial charge in [0.25, 0.3) is 5.56 Å². The molecule has 1 saturated heterocycles. The molecule has 2 aromatic rings. The second kappa shape index (κ2) is 5.64. The van der Waals surface area contributed by atoms with Crippen LogP contribution in [0.2, 0.25) is 0 Å². The van der Waals surface area contributed by atoms with E-state index in [2.05, 4.69) is 19.9 Å². The van der Waals surface area contributed by atoms with Gasteiger partial charge in [0.1, 0.15) is 6.33 Å². The van der Waals surface area contributed by atoms with E-state index in [1.165, 1.54) is 36.1 Å². The van der Waals surface area contributed by atoms with Crippen LogP contribution in [0.4, 0.5) is 0 Å². The summed E-state index contributed by atoms with van der Waals surface area (Å²) in [4.78, 5) is 26.5. The van der Waals surface area contributed by atoms with Gasteiger partial charge in [-0.1, -0.05) is 0 Å². The zero-order valence-electron chi connectivity index (χ0n) is 11.1. The van der Waals surface area contributed by atoms with Crippen molar-refractivity contribution in [3.63, 3.8) is 0 Å². The summed E-state index contributed by atoms with van der Waals surface area (Å²) in [6, 6.07) is 0. The maximum Gasteiger partial charge on any atom is 0.281 e. The number of rotatable bonds is 4. The number of β-amino-alcohol motifs (C(OH)–C–C–N with tert-alkyl or cyclic N) is 1. The first-order valence-electron chi connectivity index (χ1n) is 6.80. The zero-order valence-corrected chi connectivity index (χ0v) is 11.1. The number of likely N-dealkylation sites (tertiary alicyclic amines) is 1. The smallest absolute Gasteiger partial charge is 0.281 e. The highest BCUT2D eigenvalue weighted by molar-refractivity contribution is 5.66. The minimum absolute atomic E-state index is 0.231. The van der Waals surface area contributed by atoms with Crippen LogP contribution < -0.4 is 5.56 Å². The lowest BCUT2D eigenvalue weighted by Gasteiger charge is -2.19. The molecule has 106 valence electrons. The molecule has 1 fully saturated rings. The molecule has 7 nitrogen and oxygen atoms in total. The minimum Gasteiger partial charge on any atom is -0.390 e. The Morgan fingerprint density at radius 2 is 1.90 bits per heavy atom. The van der Waals surface area contributed by atoms with Crippen molar-refractivity contribution in [2.45, 2.75) is 25.5 Å². The molecule has 0 aliphatic carbocycles. The van der Waals surface area contributed by atoms with Crippen LogP contribution in [0.5, 0.6) is 0 Å². The first kappa shape index (κ1) is 13.1. The van der Waals surface area contributed by atoms with Gasteiger partial charge in [-0.15, -0.1) is 0 Å². The van der Waals surface area contributed by atoms with Gasteiger partial charge >= 0.3 is 0 Å². The molecular weight excluding hydrogens is 258 g/mol. The van der Waals surface area contributed by atoms with Crippen LogP contribution in [0.15, 0.2) is 23.5 Å². The van der Waals surface area contributed by atoms with Crippen LogP contribution in [0, 0.1) is 0 Å². The molecule has 1 atom stereocenters. The van der Waals surface area contributed by atoms with Crippen molar-refractivity contribution in [3.8, 4) is 0 Å². The second-order valence-corrected chi connectivity index (χ2v) is 5.09. The lowest BCUT2D eigenvalue weighted by Crippen LogP contribution is -2.35. The van der Waals surface area contributed by atoms with E-state index in [1.807, 2.05) is 0 Å². The topological polar surface area (TPSA) is 84.1 Å². The van der Waals surface area contributed by atoms with Crippen molar-refractivity contribution in [1.29, 1.82) is 0 Å². The molecule has 1 unspecified atom stereocenters. The Labute approximate surface area is 115 Å². The van der Waals surface area contributed by atoms with Crippen LogP contribution in [0.3, 0.4) is 0 Å². The van der Waals surface area contributed by atoms with E-state index in [-0.39, 0.29) is 17.6 Å². The van der Waals surface area contributed by atoms with Gasteiger partial charge < -0.3 is 10.0 Å². The Bertz CT molecular complexity index is 650. The normalized spacial score (nSPS) is 17.6. The van der Waals surface area contributed by atoms with Crippen LogP contribution in [0.1, 0.15) is 12.8 Å². The predicted molar refractivity (Wildman–Crippen MR) is 73.3 cm³/mol. The highest BCUT2D eigenvalue weighted by Gasteiger charge is 2.17. The third-order valence-electron chi connectivity index (χ3n) is 3.54. The number of fused-ring (bicyclic) bond motifs is 1. The third-order valence-corrected chi connectivity index (χ3v) is 3.54. The van der Waals surface area contributed by atoms with E-state index in [0.717, 1.165) is 13.1 Å². The molecule has 1 aliphatic heterocycles. The number of aliphatic hydroxyl groups is 1. The molecule has 0 saturated carbocycles. The van der Waals surface area contributed by atoms with Crippen LogP contribution >= 0.6 is 0 Å². The van der Waals surface area contributed by atoms with Crippen LogP contribution in [-0.2, 0) is 6.54 Å². The van der Waals surface area contributed by atoms with Gasteiger partial charge in [0, 0.05) is 18.9 Å². The molecular formula is C13H17N5O2. The van der Waals surface area contributed by atoms with E-state index in [9.17, 15) is 9.90 Å². The summed E-state index contributed by atoms with van der Waals surface area (Å²) >= 11 is 0. The number of aromatic nitrogens is 4. The fourth-order valence-corrected chi connectivity index (χ4v) is 2.57. The standard InChI is InChI=1S/C13H17N5O2/c19-10(7-17-5-1-2-6-17)8-18-9-16-12-11(13(18)20)14-3-4-15-12/h3-4,9-10,19H,1-2,5-8H2. The summed E-state index contributed by atoms with van der Waals surface area (Å²) in [7, 11) is 0. The van der Waals surface area contributed by atoms with Crippen LogP contribution in [0.25, 0.3) is 11.2 Å². The van der Waals surface area contributed by atoms with Crippen molar-refractivity contribution in [3.05, 3.63) is 29.1 Å². The van der Waals surface area contributed by atoms with Crippen molar-refractivity contribution < 1.29 is 5.11 Å². The highest BCUT2D eigenvalue weighted by Crippen LogP contribution is 2.08. The summed E-state index contributed by atoms with van der Waals surface area (Å²) in [6.07, 6.45) is 6.17. The Hall–Kier alpha value is -1.86. The summed E-state index contributed by atoms with van der Waals surface area (Å²) in [5.41, 5.74) is 0.315. The molecule has 3 rings (SSSR count). The summed E-state index contributed by atoms with van der Waals surface area (Å²) in [6.45, 7) is 2.86. The van der Waals surface area contributed by atoms with E-state index >= 15 is 0 Å². The number of hydrogen-bond donors (Lipinski definition) is 1. The van der Waals surface area contributed by atoms with E-state index in [4.69, 9.17) is 0 Å². The van der Waals surface area contributed by atoms with Crippen molar-refractivity contribution in [2.75, 3.05) is 19.6 Å². The molecule has 3 heterocycles. The summed E-state index contributed by atoms with van der Waals surface area (Å²) in [5, 5.41) is 10.1. The lowest BCUT2D eigenvalue weighted by molar-refractivity contribution is 0.108. The average Bonchev–Trinajstić information content (AvgIpc) is 2.95. The van der Waals surface area contributed by atoms with Crippen molar-refractivity contribution >= 4 is 11.2 Å². The maximum absolute atomic E-state index is 12.2. The van der Waals surface area contributed by atoms with Gasteiger partial charge in [-0.05, 0) is 25.9 Å². The van der Waals surface area contributed by atoms with Gasteiger partial charge in [-0.2, -0.15) is 0 Å². The van der Waals surface area contributed by atoms with Gasteiger partial charge in [-0.25, -0.2) is 15.0 Å². The first-order chi connectivity index (χ1) is 9.74. The second-order valence-electron chi connectivity index (χ2n) is 5.09. The SMILES string of the molecule is O=c1c2nccnc2ncn1CC(O)CN1CCCC1. The molecule has 7 heteroatoms. The lowest BCUT2D eigenvalue weighted by atomic mass is 10.3. The Morgan fingerprint density at radius 1 is 1.15 bits per heavy atom. The number of hydrogen-bond acceptors (Lipinski definition) is 6. The Morgan fingerprint density at radius 3 is 2.70 bits per heavy atom. The zero-order chi connectivity index (χ0) is 13.9. The average molecular weight is 275 g/mol. The fraction of sp³-hybridized carbons (Fsp3) is 0.538. The molecule has 1 aliphatic rings. The van der Waals surface area contributed by atoms with E-state index in [1.54, 1.807) is 0 Å². The Balaban J connectivity index is 1.76. The van der Waals surface area contributed by atoms with Gasteiger partial charge in [0.15, 0.2) is 11.2 Å². The Kier molecular flexibility index (Phi) is 3.70. The summed E-state index contributed by atoms with van der Waals surface area (Å²) in [5.74, 6) is 0. The third kappa shape index (κ3) is 2.68.